The maximum atomic E-state index is 4.26. The molecule has 0 bridgehead atoms. The maximum Gasteiger partial charge on any atom is 0.203 e. The molecule has 1 N–H and O–H groups in total. The van der Waals surface area contributed by atoms with E-state index in [-0.39, 0.29) is 0 Å². The summed E-state index contributed by atoms with van der Waals surface area (Å²) >= 11 is 0. The first-order chi connectivity index (χ1) is 6.77. The first-order valence-corrected chi connectivity index (χ1v) is 5.16. The number of nitrogens with zero attached hydrogens (tertiary/aromatic N) is 2. The molecule has 0 spiro atoms. The van der Waals surface area contributed by atoms with Crippen LogP contribution in [0.5, 0.6) is 0 Å². The van der Waals surface area contributed by atoms with Crippen molar-refractivity contribution in [1.82, 2.24) is 9.55 Å². The van der Waals surface area contributed by atoms with Crippen LogP contribution in [0.2, 0.25) is 0 Å². The van der Waals surface area contributed by atoms with Gasteiger partial charge in [0.05, 0.1) is 0 Å². The van der Waals surface area contributed by atoms with Crippen molar-refractivity contribution in [1.29, 1.82) is 0 Å². The molecule has 0 aliphatic carbocycles. The fraction of sp³-hybridized carbons (Fsp3) is 0.545. The van der Waals surface area contributed by atoms with Crippen LogP contribution in [0.25, 0.3) is 0 Å². The number of allylic oxidation sites excluding steroid dienone is 1. The van der Waals surface area contributed by atoms with Crippen molar-refractivity contribution in [3.8, 4) is 0 Å². The third-order valence-corrected chi connectivity index (χ3v) is 2.14. The lowest BCUT2D eigenvalue weighted by Gasteiger charge is -2.14. The van der Waals surface area contributed by atoms with Gasteiger partial charge in [-0.25, -0.2) is 4.98 Å². The summed E-state index contributed by atoms with van der Waals surface area (Å²) in [6, 6.07) is 0.478. The van der Waals surface area contributed by atoms with Crippen molar-refractivity contribution in [2.24, 2.45) is 0 Å². The Bertz CT molecular complexity index is 278. The van der Waals surface area contributed by atoms with E-state index >= 15 is 0 Å². The number of anilines is 1. The first-order valence-electron chi connectivity index (χ1n) is 5.16. The molecule has 1 aromatic heterocycles. The van der Waals surface area contributed by atoms with Crippen molar-refractivity contribution in [2.75, 3.05) is 5.32 Å². The molecule has 14 heavy (non-hydrogen) atoms. The molecule has 0 aliphatic rings. The van der Waals surface area contributed by atoms with Gasteiger partial charge in [0, 0.05) is 25.0 Å². The number of rotatable bonds is 6. The second-order valence-electron chi connectivity index (χ2n) is 3.53. The third kappa shape index (κ3) is 2.91. The predicted molar refractivity (Wildman–Crippen MR) is 60.4 cm³/mol. The van der Waals surface area contributed by atoms with Gasteiger partial charge in [0.2, 0.25) is 5.95 Å². The monoisotopic (exact) mass is 193 g/mol. The summed E-state index contributed by atoms with van der Waals surface area (Å²) in [5.41, 5.74) is 0. The van der Waals surface area contributed by atoms with Gasteiger partial charge in [0.25, 0.3) is 0 Å². The minimum absolute atomic E-state index is 0.478. The van der Waals surface area contributed by atoms with Gasteiger partial charge in [0.1, 0.15) is 0 Å². The number of hydrogen-bond acceptors (Lipinski definition) is 2. The second kappa shape index (κ2) is 5.47. The maximum absolute atomic E-state index is 4.26. The highest BCUT2D eigenvalue weighted by atomic mass is 15.2. The minimum atomic E-state index is 0.478. The van der Waals surface area contributed by atoms with E-state index in [1.807, 2.05) is 18.5 Å². The zero-order chi connectivity index (χ0) is 10.4. The summed E-state index contributed by atoms with van der Waals surface area (Å²) in [4.78, 5) is 4.26. The molecule has 0 saturated heterocycles. The van der Waals surface area contributed by atoms with Crippen LogP contribution in [-0.2, 0) is 6.54 Å². The highest BCUT2D eigenvalue weighted by Crippen LogP contribution is 2.08. The van der Waals surface area contributed by atoms with E-state index in [1.54, 1.807) is 0 Å². The zero-order valence-electron chi connectivity index (χ0n) is 9.03. The van der Waals surface area contributed by atoms with Crippen molar-refractivity contribution in [3.05, 3.63) is 25.0 Å². The van der Waals surface area contributed by atoms with Crippen LogP contribution < -0.4 is 5.32 Å². The fourth-order valence-electron chi connectivity index (χ4n) is 1.46. The van der Waals surface area contributed by atoms with E-state index in [2.05, 4.69) is 35.3 Å². The molecule has 3 heteroatoms. The molecule has 3 nitrogen and oxygen atoms in total. The summed E-state index contributed by atoms with van der Waals surface area (Å²) < 4.78 is 2.05. The van der Waals surface area contributed by atoms with Crippen LogP contribution in [0.15, 0.2) is 25.0 Å². The van der Waals surface area contributed by atoms with Gasteiger partial charge in [-0.3, -0.25) is 0 Å². The van der Waals surface area contributed by atoms with Gasteiger partial charge in [-0.15, -0.1) is 6.58 Å². The van der Waals surface area contributed by atoms with Crippen LogP contribution in [0.3, 0.4) is 0 Å². The van der Waals surface area contributed by atoms with E-state index in [4.69, 9.17) is 0 Å². The Morgan fingerprint density at radius 2 is 2.50 bits per heavy atom. The molecule has 1 heterocycles. The van der Waals surface area contributed by atoms with E-state index in [1.165, 1.54) is 12.8 Å². The lowest BCUT2D eigenvalue weighted by atomic mass is 10.2. The average molecular weight is 193 g/mol. The van der Waals surface area contributed by atoms with Crippen molar-refractivity contribution in [3.63, 3.8) is 0 Å². The standard InChI is InChI=1S/C11H19N3/c1-4-6-10(3)13-11-12-7-9-14(11)8-5-2/h5,7,9-10H,2,4,6,8H2,1,3H3,(H,12,13). The number of imidazole rings is 1. The SMILES string of the molecule is C=CCn1ccnc1NC(C)CCC. The molecule has 0 aromatic carbocycles. The molecule has 0 saturated carbocycles. The smallest absolute Gasteiger partial charge is 0.203 e. The van der Waals surface area contributed by atoms with Crippen molar-refractivity contribution < 1.29 is 0 Å². The van der Waals surface area contributed by atoms with Crippen molar-refractivity contribution >= 4 is 5.95 Å². The van der Waals surface area contributed by atoms with Crippen LogP contribution in [-0.4, -0.2) is 15.6 Å². The summed E-state index contributed by atoms with van der Waals surface area (Å²) in [5.74, 6) is 0.936. The Morgan fingerprint density at radius 1 is 1.71 bits per heavy atom. The topological polar surface area (TPSA) is 29.9 Å². The fourth-order valence-corrected chi connectivity index (χ4v) is 1.46. The second-order valence-corrected chi connectivity index (χ2v) is 3.53. The van der Waals surface area contributed by atoms with E-state index in [0.717, 1.165) is 12.5 Å². The molecule has 0 aliphatic heterocycles. The molecular formula is C11H19N3. The zero-order valence-corrected chi connectivity index (χ0v) is 9.03. The van der Waals surface area contributed by atoms with Gasteiger partial charge in [-0.2, -0.15) is 0 Å². The Labute approximate surface area is 85.8 Å². The summed E-state index contributed by atoms with van der Waals surface area (Å²) in [5, 5.41) is 3.38. The Kier molecular flexibility index (Phi) is 4.23. The van der Waals surface area contributed by atoms with E-state index in [0.29, 0.717) is 6.04 Å². The van der Waals surface area contributed by atoms with Gasteiger partial charge >= 0.3 is 0 Å². The van der Waals surface area contributed by atoms with Crippen LogP contribution in [0.1, 0.15) is 26.7 Å². The quantitative estimate of drug-likeness (QED) is 0.704. The molecule has 0 amide bonds. The summed E-state index contributed by atoms with van der Waals surface area (Å²) in [6.07, 6.45) is 8.00. The Balaban J connectivity index is 2.56. The van der Waals surface area contributed by atoms with Crippen LogP contribution in [0, 0.1) is 0 Å². The minimum Gasteiger partial charge on any atom is -0.353 e. The molecule has 0 radical (unpaired) electrons. The largest absolute Gasteiger partial charge is 0.353 e. The highest BCUT2D eigenvalue weighted by Gasteiger charge is 2.04. The lowest BCUT2D eigenvalue weighted by molar-refractivity contribution is 0.673. The molecular weight excluding hydrogens is 174 g/mol. The first kappa shape index (κ1) is 10.8. The molecule has 1 atom stereocenters. The molecule has 1 rings (SSSR count). The Morgan fingerprint density at radius 3 is 3.14 bits per heavy atom. The molecule has 1 aromatic rings. The van der Waals surface area contributed by atoms with E-state index < -0.39 is 0 Å². The molecule has 0 fully saturated rings. The van der Waals surface area contributed by atoms with Gasteiger partial charge in [-0.1, -0.05) is 19.4 Å². The number of nitrogens with one attached hydrogen (secondary N) is 1. The van der Waals surface area contributed by atoms with Crippen molar-refractivity contribution in [2.45, 2.75) is 39.3 Å². The molecule has 78 valence electrons. The van der Waals surface area contributed by atoms with Crippen LogP contribution in [0.4, 0.5) is 5.95 Å². The van der Waals surface area contributed by atoms with Crippen LogP contribution >= 0.6 is 0 Å². The average Bonchev–Trinajstić information content (AvgIpc) is 2.54. The highest BCUT2D eigenvalue weighted by molar-refractivity contribution is 5.27. The third-order valence-electron chi connectivity index (χ3n) is 2.14. The van der Waals surface area contributed by atoms with E-state index in [9.17, 15) is 0 Å². The number of aromatic nitrogens is 2. The van der Waals surface area contributed by atoms with Gasteiger partial charge in [-0.05, 0) is 13.3 Å². The summed E-state index contributed by atoms with van der Waals surface area (Å²) in [7, 11) is 0. The molecule has 1 unspecified atom stereocenters. The lowest BCUT2D eigenvalue weighted by Crippen LogP contribution is -2.17. The van der Waals surface area contributed by atoms with Gasteiger partial charge in [0.15, 0.2) is 0 Å². The predicted octanol–water partition coefficient (Wildman–Crippen LogP) is 2.67. The van der Waals surface area contributed by atoms with Gasteiger partial charge < -0.3 is 9.88 Å². The number of hydrogen-bond donors (Lipinski definition) is 1. The Hall–Kier alpha value is -1.25. The summed E-state index contributed by atoms with van der Waals surface area (Å²) in [6.45, 7) is 8.89. The normalized spacial score (nSPS) is 12.4.